The molecule has 0 saturated carbocycles. The number of hydrogen-bond acceptors (Lipinski definition) is 3. The maximum Gasteiger partial charge on any atom is 0.108 e. The first-order chi connectivity index (χ1) is 8.79. The molecule has 2 heterocycles. The first-order valence-corrected chi connectivity index (χ1v) is 6.43. The molecule has 0 aliphatic rings. The van der Waals surface area contributed by atoms with E-state index in [-0.39, 0.29) is 0 Å². The van der Waals surface area contributed by atoms with Crippen LogP contribution in [-0.2, 0) is 19.5 Å². The maximum absolute atomic E-state index is 4.33. The van der Waals surface area contributed by atoms with Gasteiger partial charge in [-0.25, -0.2) is 4.98 Å². The Morgan fingerprint density at radius 3 is 2.89 bits per heavy atom. The number of imidazole rings is 1. The second kappa shape index (κ2) is 6.31. The topological polar surface area (TPSA) is 42.7 Å². The van der Waals surface area contributed by atoms with Crippen LogP contribution in [0.1, 0.15) is 25.4 Å². The van der Waals surface area contributed by atoms with Crippen molar-refractivity contribution < 1.29 is 0 Å². The van der Waals surface area contributed by atoms with Crippen LogP contribution in [0, 0.1) is 0 Å². The summed E-state index contributed by atoms with van der Waals surface area (Å²) >= 11 is 0. The molecule has 2 aromatic rings. The zero-order chi connectivity index (χ0) is 12.8. The van der Waals surface area contributed by atoms with Crippen LogP contribution in [0.5, 0.6) is 0 Å². The summed E-state index contributed by atoms with van der Waals surface area (Å²) in [5, 5.41) is 3.48. The van der Waals surface area contributed by atoms with E-state index in [0.717, 1.165) is 31.0 Å². The van der Waals surface area contributed by atoms with Crippen molar-refractivity contribution >= 4 is 0 Å². The summed E-state index contributed by atoms with van der Waals surface area (Å²) < 4.78 is 2.20. The molecule has 1 unspecified atom stereocenters. The van der Waals surface area contributed by atoms with Gasteiger partial charge in [0, 0.05) is 44.1 Å². The number of rotatable bonds is 6. The van der Waals surface area contributed by atoms with E-state index in [4.69, 9.17) is 0 Å². The lowest BCUT2D eigenvalue weighted by Crippen LogP contribution is -2.30. The van der Waals surface area contributed by atoms with Crippen molar-refractivity contribution in [2.24, 2.45) is 0 Å². The average Bonchev–Trinajstić information content (AvgIpc) is 2.85. The van der Waals surface area contributed by atoms with Gasteiger partial charge in [-0.05, 0) is 19.1 Å². The number of hydrogen-bond donors (Lipinski definition) is 1. The predicted octanol–water partition coefficient (Wildman–Crippen LogP) is 2.02. The van der Waals surface area contributed by atoms with Crippen molar-refractivity contribution in [2.75, 3.05) is 0 Å². The second-order valence-corrected chi connectivity index (χ2v) is 4.45. The van der Waals surface area contributed by atoms with Crippen LogP contribution in [0.3, 0.4) is 0 Å². The summed E-state index contributed by atoms with van der Waals surface area (Å²) in [6.07, 6.45) is 6.70. The van der Waals surface area contributed by atoms with E-state index in [1.807, 2.05) is 36.8 Å². The molecule has 18 heavy (non-hydrogen) atoms. The third-order valence-electron chi connectivity index (χ3n) is 2.95. The SMILES string of the molecule is CCc1nccn1CC(C)NCc1ccccn1. The van der Waals surface area contributed by atoms with Gasteiger partial charge in [-0.1, -0.05) is 13.0 Å². The predicted molar refractivity (Wildman–Crippen MR) is 72.1 cm³/mol. The van der Waals surface area contributed by atoms with Gasteiger partial charge in [0.15, 0.2) is 0 Å². The molecule has 0 aliphatic heterocycles. The van der Waals surface area contributed by atoms with Gasteiger partial charge >= 0.3 is 0 Å². The highest BCUT2D eigenvalue weighted by Crippen LogP contribution is 2.01. The van der Waals surface area contributed by atoms with Gasteiger partial charge in [-0.15, -0.1) is 0 Å². The monoisotopic (exact) mass is 244 g/mol. The molecule has 0 amide bonds. The lowest BCUT2D eigenvalue weighted by molar-refractivity contribution is 0.465. The van der Waals surface area contributed by atoms with Crippen molar-refractivity contribution in [1.29, 1.82) is 0 Å². The Balaban J connectivity index is 1.84. The zero-order valence-electron chi connectivity index (χ0n) is 11.0. The second-order valence-electron chi connectivity index (χ2n) is 4.45. The number of pyridine rings is 1. The summed E-state index contributed by atoms with van der Waals surface area (Å²) in [6, 6.07) is 6.38. The van der Waals surface area contributed by atoms with Crippen molar-refractivity contribution in [3.8, 4) is 0 Å². The quantitative estimate of drug-likeness (QED) is 0.845. The van der Waals surface area contributed by atoms with Gasteiger partial charge in [-0.3, -0.25) is 4.98 Å². The molecule has 0 fully saturated rings. The fraction of sp³-hybridized carbons (Fsp3) is 0.429. The summed E-state index contributed by atoms with van der Waals surface area (Å²) in [5.41, 5.74) is 1.07. The summed E-state index contributed by atoms with van der Waals surface area (Å²) in [6.45, 7) is 6.06. The van der Waals surface area contributed by atoms with Crippen LogP contribution in [0.4, 0.5) is 0 Å². The summed E-state index contributed by atoms with van der Waals surface area (Å²) in [5.74, 6) is 1.14. The zero-order valence-corrected chi connectivity index (χ0v) is 11.0. The van der Waals surface area contributed by atoms with Crippen molar-refractivity contribution in [3.63, 3.8) is 0 Å². The Morgan fingerprint density at radius 2 is 2.17 bits per heavy atom. The summed E-state index contributed by atoms with van der Waals surface area (Å²) in [7, 11) is 0. The Bertz CT molecular complexity index is 464. The van der Waals surface area contributed by atoms with Gasteiger partial charge in [0.1, 0.15) is 5.82 Å². The highest BCUT2D eigenvalue weighted by atomic mass is 15.1. The molecule has 0 radical (unpaired) electrons. The van der Waals surface area contributed by atoms with E-state index in [1.54, 1.807) is 0 Å². The van der Waals surface area contributed by atoms with Gasteiger partial charge < -0.3 is 9.88 Å². The van der Waals surface area contributed by atoms with E-state index in [1.165, 1.54) is 0 Å². The molecule has 1 N–H and O–H groups in total. The molecule has 0 aliphatic carbocycles. The third-order valence-corrected chi connectivity index (χ3v) is 2.95. The highest BCUT2D eigenvalue weighted by Gasteiger charge is 2.06. The Kier molecular flexibility index (Phi) is 4.47. The fourth-order valence-corrected chi connectivity index (χ4v) is 1.96. The lowest BCUT2D eigenvalue weighted by Gasteiger charge is -2.15. The molecule has 2 rings (SSSR count). The van der Waals surface area contributed by atoms with Gasteiger partial charge in [-0.2, -0.15) is 0 Å². The largest absolute Gasteiger partial charge is 0.333 e. The average molecular weight is 244 g/mol. The van der Waals surface area contributed by atoms with Crippen molar-refractivity contribution in [2.45, 2.75) is 39.4 Å². The Labute approximate surface area is 108 Å². The van der Waals surface area contributed by atoms with Crippen LogP contribution in [-0.4, -0.2) is 20.6 Å². The number of aromatic nitrogens is 3. The first-order valence-electron chi connectivity index (χ1n) is 6.43. The van der Waals surface area contributed by atoms with Gasteiger partial charge in [0.05, 0.1) is 5.69 Å². The van der Waals surface area contributed by atoms with Gasteiger partial charge in [0.25, 0.3) is 0 Å². The molecule has 0 bridgehead atoms. The molecular formula is C14H20N4. The van der Waals surface area contributed by atoms with E-state index in [0.29, 0.717) is 6.04 Å². The maximum atomic E-state index is 4.33. The minimum Gasteiger partial charge on any atom is -0.333 e. The smallest absolute Gasteiger partial charge is 0.108 e. The molecule has 0 aromatic carbocycles. The normalized spacial score (nSPS) is 12.6. The van der Waals surface area contributed by atoms with Crippen molar-refractivity contribution in [1.82, 2.24) is 19.9 Å². The number of nitrogens with one attached hydrogen (secondary N) is 1. The summed E-state index contributed by atoms with van der Waals surface area (Å²) in [4.78, 5) is 8.63. The molecule has 4 nitrogen and oxygen atoms in total. The highest BCUT2D eigenvalue weighted by molar-refractivity contribution is 5.03. The van der Waals surface area contributed by atoms with E-state index < -0.39 is 0 Å². The fourth-order valence-electron chi connectivity index (χ4n) is 1.96. The van der Waals surface area contributed by atoms with E-state index >= 15 is 0 Å². The number of aryl methyl sites for hydroxylation is 1. The van der Waals surface area contributed by atoms with Crippen LogP contribution < -0.4 is 5.32 Å². The minimum absolute atomic E-state index is 0.395. The van der Waals surface area contributed by atoms with Crippen LogP contribution >= 0.6 is 0 Å². The van der Waals surface area contributed by atoms with E-state index in [2.05, 4.69) is 33.7 Å². The number of nitrogens with zero attached hydrogens (tertiary/aromatic N) is 3. The van der Waals surface area contributed by atoms with Crippen LogP contribution in [0.2, 0.25) is 0 Å². The molecular weight excluding hydrogens is 224 g/mol. The van der Waals surface area contributed by atoms with E-state index in [9.17, 15) is 0 Å². The van der Waals surface area contributed by atoms with Gasteiger partial charge in [0.2, 0.25) is 0 Å². The molecule has 2 aromatic heterocycles. The molecule has 0 spiro atoms. The first kappa shape index (κ1) is 12.8. The Morgan fingerprint density at radius 1 is 1.28 bits per heavy atom. The minimum atomic E-state index is 0.395. The molecule has 0 saturated heterocycles. The standard InChI is InChI=1S/C14H20N4/c1-3-14-16-8-9-18(14)11-12(2)17-10-13-6-4-5-7-15-13/h4-9,12,17H,3,10-11H2,1-2H3. The van der Waals surface area contributed by atoms with Crippen LogP contribution in [0.25, 0.3) is 0 Å². The molecule has 4 heteroatoms. The van der Waals surface area contributed by atoms with Crippen LogP contribution in [0.15, 0.2) is 36.8 Å². The lowest BCUT2D eigenvalue weighted by atomic mass is 10.3. The molecule has 1 atom stereocenters. The van der Waals surface area contributed by atoms with Crippen molar-refractivity contribution in [3.05, 3.63) is 48.3 Å². The third kappa shape index (κ3) is 3.40. The molecule has 96 valence electrons. The Hall–Kier alpha value is -1.68.